The van der Waals surface area contributed by atoms with E-state index in [2.05, 4.69) is 11.8 Å². The van der Waals surface area contributed by atoms with Gasteiger partial charge in [0.1, 0.15) is 0 Å². The van der Waals surface area contributed by atoms with Gasteiger partial charge in [-0.05, 0) is 46.2 Å². The Balaban J connectivity index is 2.35. The Morgan fingerprint density at radius 2 is 2.00 bits per heavy atom. The molecule has 1 aliphatic rings. The quantitative estimate of drug-likeness (QED) is 0.675. The molecule has 1 rings (SSSR count). The minimum absolute atomic E-state index is 0.352. The third-order valence-electron chi connectivity index (χ3n) is 2.94. The fourth-order valence-electron chi connectivity index (χ4n) is 2.03. The molecule has 0 aromatic rings. The normalized spacial score (nSPS) is 25.8. The Labute approximate surface area is 80.9 Å². The second-order valence-corrected chi connectivity index (χ2v) is 4.50. The number of rotatable bonds is 4. The summed E-state index contributed by atoms with van der Waals surface area (Å²) in [7, 11) is 0. The first kappa shape index (κ1) is 11.0. The van der Waals surface area contributed by atoms with Gasteiger partial charge >= 0.3 is 0 Å². The van der Waals surface area contributed by atoms with Crippen LogP contribution in [0.25, 0.3) is 0 Å². The van der Waals surface area contributed by atoms with Gasteiger partial charge in [0.15, 0.2) is 0 Å². The molecule has 1 fully saturated rings. The number of nitrogens with two attached hydrogens (primary N) is 1. The number of hydrogen-bond acceptors (Lipinski definition) is 3. The summed E-state index contributed by atoms with van der Waals surface area (Å²) < 4.78 is 0. The molecular formula is C10H22N2O. The number of hydrogen-bond donors (Lipinski definition) is 2. The van der Waals surface area contributed by atoms with Crippen LogP contribution in [0.4, 0.5) is 0 Å². The molecule has 1 aliphatic heterocycles. The highest BCUT2D eigenvalue weighted by atomic mass is 16.3. The maximum absolute atomic E-state index is 9.80. The molecule has 0 aliphatic carbocycles. The van der Waals surface area contributed by atoms with Crippen molar-refractivity contribution in [2.45, 2.75) is 44.8 Å². The van der Waals surface area contributed by atoms with Crippen LogP contribution in [0.2, 0.25) is 0 Å². The van der Waals surface area contributed by atoms with E-state index in [9.17, 15) is 5.11 Å². The molecule has 0 aromatic heterocycles. The fourth-order valence-corrected chi connectivity index (χ4v) is 2.03. The van der Waals surface area contributed by atoms with E-state index in [0.717, 1.165) is 6.42 Å². The lowest BCUT2D eigenvalue weighted by atomic mass is 9.97. The van der Waals surface area contributed by atoms with Crippen LogP contribution in [-0.4, -0.2) is 41.3 Å². The van der Waals surface area contributed by atoms with Crippen LogP contribution < -0.4 is 5.73 Å². The van der Waals surface area contributed by atoms with E-state index in [-0.39, 0.29) is 0 Å². The summed E-state index contributed by atoms with van der Waals surface area (Å²) in [4.78, 5) is 2.43. The number of nitrogens with zero attached hydrogens (tertiary/aromatic N) is 1. The molecule has 13 heavy (non-hydrogen) atoms. The molecule has 78 valence electrons. The fraction of sp³-hybridized carbons (Fsp3) is 1.00. The predicted octanol–water partition coefficient (Wildman–Crippen LogP) is 0.570. The predicted molar refractivity (Wildman–Crippen MR) is 54.6 cm³/mol. The lowest BCUT2D eigenvalue weighted by Gasteiger charge is -2.30. The van der Waals surface area contributed by atoms with Gasteiger partial charge in [-0.1, -0.05) is 0 Å². The van der Waals surface area contributed by atoms with Gasteiger partial charge in [-0.15, -0.1) is 0 Å². The third kappa shape index (κ3) is 3.25. The molecule has 0 aromatic carbocycles. The maximum atomic E-state index is 9.80. The molecule has 0 radical (unpaired) electrons. The van der Waals surface area contributed by atoms with Crippen molar-refractivity contribution >= 4 is 0 Å². The van der Waals surface area contributed by atoms with Gasteiger partial charge in [-0.25, -0.2) is 0 Å². The molecule has 1 heterocycles. The van der Waals surface area contributed by atoms with E-state index in [1.165, 1.54) is 25.9 Å². The highest BCUT2D eigenvalue weighted by Crippen LogP contribution is 2.19. The maximum Gasteiger partial charge on any atom is 0.0756 e. The van der Waals surface area contributed by atoms with Crippen molar-refractivity contribution in [3.8, 4) is 0 Å². The van der Waals surface area contributed by atoms with Gasteiger partial charge in [0.05, 0.1) is 5.60 Å². The number of aliphatic hydroxyl groups is 1. The van der Waals surface area contributed by atoms with Crippen molar-refractivity contribution in [3.63, 3.8) is 0 Å². The molecule has 0 spiro atoms. The zero-order chi connectivity index (χ0) is 9.90. The average molecular weight is 186 g/mol. The van der Waals surface area contributed by atoms with Crippen LogP contribution in [0, 0.1) is 0 Å². The van der Waals surface area contributed by atoms with Crippen molar-refractivity contribution in [3.05, 3.63) is 0 Å². The molecule has 3 heteroatoms. The van der Waals surface area contributed by atoms with Crippen molar-refractivity contribution < 1.29 is 5.11 Å². The van der Waals surface area contributed by atoms with Crippen LogP contribution in [0.15, 0.2) is 0 Å². The molecule has 0 amide bonds. The van der Waals surface area contributed by atoms with Gasteiger partial charge in [0, 0.05) is 12.6 Å². The van der Waals surface area contributed by atoms with E-state index in [1.54, 1.807) is 0 Å². The average Bonchev–Trinajstić information content (AvgIpc) is 2.55. The molecule has 2 unspecified atom stereocenters. The van der Waals surface area contributed by atoms with Crippen LogP contribution in [0.3, 0.4) is 0 Å². The summed E-state index contributed by atoms with van der Waals surface area (Å²) >= 11 is 0. The van der Waals surface area contributed by atoms with Crippen LogP contribution in [0.5, 0.6) is 0 Å². The Bertz CT molecular complexity index is 153. The van der Waals surface area contributed by atoms with Gasteiger partial charge in [0.25, 0.3) is 0 Å². The lowest BCUT2D eigenvalue weighted by Crippen LogP contribution is -2.42. The van der Waals surface area contributed by atoms with E-state index in [0.29, 0.717) is 12.6 Å². The summed E-state index contributed by atoms with van der Waals surface area (Å²) in [6.07, 6.45) is 3.38. The first-order chi connectivity index (χ1) is 6.05. The topological polar surface area (TPSA) is 49.5 Å². The Morgan fingerprint density at radius 3 is 2.46 bits per heavy atom. The minimum Gasteiger partial charge on any atom is -0.389 e. The zero-order valence-corrected chi connectivity index (χ0v) is 8.79. The standard InChI is InChI=1S/C10H22N2O/c1-9(7-10(2,13)8-11)12-5-3-4-6-12/h9,13H,3-8,11H2,1-2H3. The van der Waals surface area contributed by atoms with Crippen molar-refractivity contribution in [1.82, 2.24) is 4.90 Å². The van der Waals surface area contributed by atoms with E-state index in [4.69, 9.17) is 5.73 Å². The highest BCUT2D eigenvalue weighted by molar-refractivity contribution is 4.82. The first-order valence-corrected chi connectivity index (χ1v) is 5.22. The summed E-state index contributed by atoms with van der Waals surface area (Å²) in [5, 5.41) is 9.80. The van der Waals surface area contributed by atoms with E-state index < -0.39 is 5.60 Å². The largest absolute Gasteiger partial charge is 0.389 e. The van der Waals surface area contributed by atoms with E-state index in [1.807, 2.05) is 6.92 Å². The molecule has 0 saturated carbocycles. The summed E-state index contributed by atoms with van der Waals surface area (Å²) in [6, 6.07) is 0.459. The van der Waals surface area contributed by atoms with Gasteiger partial charge < -0.3 is 15.7 Å². The van der Waals surface area contributed by atoms with Gasteiger partial charge in [-0.2, -0.15) is 0 Å². The van der Waals surface area contributed by atoms with Crippen molar-refractivity contribution in [2.24, 2.45) is 5.73 Å². The lowest BCUT2D eigenvalue weighted by molar-refractivity contribution is 0.0332. The van der Waals surface area contributed by atoms with Crippen LogP contribution >= 0.6 is 0 Å². The molecular weight excluding hydrogens is 164 g/mol. The molecule has 3 nitrogen and oxygen atoms in total. The second-order valence-electron chi connectivity index (χ2n) is 4.50. The minimum atomic E-state index is -0.692. The van der Waals surface area contributed by atoms with Crippen molar-refractivity contribution in [1.29, 1.82) is 0 Å². The SMILES string of the molecule is CC(CC(C)(O)CN)N1CCCC1. The number of likely N-dealkylation sites (tertiary alicyclic amines) is 1. The molecule has 3 N–H and O–H groups in total. The monoisotopic (exact) mass is 186 g/mol. The van der Waals surface area contributed by atoms with Crippen LogP contribution in [0.1, 0.15) is 33.1 Å². The second kappa shape index (κ2) is 4.40. The van der Waals surface area contributed by atoms with Gasteiger partial charge in [0.2, 0.25) is 0 Å². The van der Waals surface area contributed by atoms with E-state index >= 15 is 0 Å². The zero-order valence-electron chi connectivity index (χ0n) is 8.79. The van der Waals surface area contributed by atoms with Crippen molar-refractivity contribution in [2.75, 3.05) is 19.6 Å². The summed E-state index contributed by atoms with van der Waals surface area (Å²) in [5.74, 6) is 0. The summed E-state index contributed by atoms with van der Waals surface area (Å²) in [5.41, 5.74) is 4.79. The third-order valence-corrected chi connectivity index (χ3v) is 2.94. The molecule has 0 bridgehead atoms. The van der Waals surface area contributed by atoms with Gasteiger partial charge in [-0.3, -0.25) is 0 Å². The smallest absolute Gasteiger partial charge is 0.0756 e. The van der Waals surface area contributed by atoms with Crippen LogP contribution in [-0.2, 0) is 0 Å². The summed E-state index contributed by atoms with van der Waals surface area (Å²) in [6.45, 7) is 6.71. The highest BCUT2D eigenvalue weighted by Gasteiger charge is 2.26. The first-order valence-electron chi connectivity index (χ1n) is 5.22. The molecule has 2 atom stereocenters. The Kier molecular flexibility index (Phi) is 3.71. The molecule has 1 saturated heterocycles. The Morgan fingerprint density at radius 1 is 1.46 bits per heavy atom. The Hall–Kier alpha value is -0.120.